The molecule has 2 saturated heterocycles. The van der Waals surface area contributed by atoms with Crippen LogP contribution in [0.25, 0.3) is 0 Å². The van der Waals surface area contributed by atoms with Crippen LogP contribution in [0.5, 0.6) is 11.5 Å². The van der Waals surface area contributed by atoms with E-state index in [1.54, 1.807) is 0 Å². The van der Waals surface area contributed by atoms with Gasteiger partial charge in [0.05, 0.1) is 11.6 Å². The van der Waals surface area contributed by atoms with Crippen LogP contribution in [0.2, 0.25) is 0 Å². The lowest BCUT2D eigenvalue weighted by Gasteiger charge is -2.39. The molecule has 7 heteroatoms. The fourth-order valence-corrected chi connectivity index (χ4v) is 5.29. The lowest BCUT2D eigenvalue weighted by atomic mass is 10.0. The standard InChI is InChI=1S/C27H32N4O3/c28-18-21-4-3-5-22(16-21)19-30-12-8-24(9-13-30)31(15-14-29-10-1-2-11-29)27(32)23-6-7-25-26(17-23)34-20-33-25/h3-7,16-17,24H,1-2,8-15,19-20H2. The Morgan fingerprint density at radius 1 is 1.00 bits per heavy atom. The molecule has 0 unspecified atom stereocenters. The minimum Gasteiger partial charge on any atom is -0.454 e. The largest absolute Gasteiger partial charge is 0.454 e. The van der Waals surface area contributed by atoms with Crippen molar-refractivity contribution in [3.8, 4) is 17.6 Å². The first-order valence-corrected chi connectivity index (χ1v) is 12.3. The van der Waals surface area contributed by atoms with Crippen molar-refractivity contribution >= 4 is 5.91 Å². The van der Waals surface area contributed by atoms with Gasteiger partial charge in [-0.15, -0.1) is 0 Å². The molecule has 2 aromatic carbocycles. The predicted molar refractivity (Wildman–Crippen MR) is 129 cm³/mol. The van der Waals surface area contributed by atoms with Gasteiger partial charge in [-0.05, 0) is 74.7 Å². The minimum absolute atomic E-state index is 0.0812. The topological polar surface area (TPSA) is 69.0 Å². The number of piperidine rings is 1. The van der Waals surface area contributed by atoms with Crippen LogP contribution in [0.15, 0.2) is 42.5 Å². The van der Waals surface area contributed by atoms with Crippen molar-refractivity contribution in [2.45, 2.75) is 38.3 Å². The van der Waals surface area contributed by atoms with E-state index in [-0.39, 0.29) is 18.7 Å². The quantitative estimate of drug-likeness (QED) is 0.630. The normalized spacial score (nSPS) is 18.7. The third-order valence-corrected chi connectivity index (χ3v) is 7.20. The molecular formula is C27H32N4O3. The zero-order valence-electron chi connectivity index (χ0n) is 19.6. The van der Waals surface area contributed by atoms with Gasteiger partial charge in [0.2, 0.25) is 6.79 Å². The van der Waals surface area contributed by atoms with Crippen LogP contribution in [0.3, 0.4) is 0 Å². The Bertz CT molecular complexity index is 1050. The molecule has 3 aliphatic heterocycles. The molecule has 5 rings (SSSR count). The van der Waals surface area contributed by atoms with Crippen LogP contribution in [0.1, 0.15) is 47.2 Å². The Morgan fingerprint density at radius 3 is 2.59 bits per heavy atom. The molecule has 1 amide bonds. The second kappa shape index (κ2) is 10.5. The van der Waals surface area contributed by atoms with Crippen molar-refractivity contribution in [3.63, 3.8) is 0 Å². The van der Waals surface area contributed by atoms with E-state index in [9.17, 15) is 10.1 Å². The van der Waals surface area contributed by atoms with Crippen molar-refractivity contribution in [1.29, 1.82) is 5.26 Å². The van der Waals surface area contributed by atoms with E-state index >= 15 is 0 Å². The van der Waals surface area contributed by atoms with Crippen LogP contribution in [-0.2, 0) is 6.54 Å². The van der Waals surface area contributed by atoms with E-state index in [0.29, 0.717) is 22.6 Å². The van der Waals surface area contributed by atoms with E-state index in [2.05, 4.69) is 26.8 Å². The van der Waals surface area contributed by atoms with E-state index in [0.717, 1.165) is 58.7 Å². The van der Waals surface area contributed by atoms with E-state index in [1.807, 2.05) is 36.4 Å². The van der Waals surface area contributed by atoms with E-state index in [4.69, 9.17) is 9.47 Å². The molecule has 7 nitrogen and oxygen atoms in total. The summed E-state index contributed by atoms with van der Waals surface area (Å²) in [6.07, 6.45) is 4.41. The van der Waals surface area contributed by atoms with Gasteiger partial charge < -0.3 is 19.3 Å². The van der Waals surface area contributed by atoms with Crippen LogP contribution in [0, 0.1) is 11.3 Å². The summed E-state index contributed by atoms with van der Waals surface area (Å²) in [5.74, 6) is 1.44. The summed E-state index contributed by atoms with van der Waals surface area (Å²) in [5, 5.41) is 9.17. The van der Waals surface area contributed by atoms with Crippen LogP contribution >= 0.6 is 0 Å². The number of amides is 1. The number of ether oxygens (including phenoxy) is 2. The van der Waals surface area contributed by atoms with Gasteiger partial charge in [0.25, 0.3) is 5.91 Å². The second-order valence-corrected chi connectivity index (χ2v) is 9.43. The molecule has 0 saturated carbocycles. The van der Waals surface area contributed by atoms with Crippen molar-refractivity contribution in [2.24, 2.45) is 0 Å². The number of hydrogen-bond acceptors (Lipinski definition) is 6. The number of nitriles is 1. The maximum absolute atomic E-state index is 13.7. The number of benzene rings is 2. The maximum Gasteiger partial charge on any atom is 0.254 e. The van der Waals surface area contributed by atoms with Crippen molar-refractivity contribution in [2.75, 3.05) is 46.1 Å². The fourth-order valence-electron chi connectivity index (χ4n) is 5.29. The molecule has 34 heavy (non-hydrogen) atoms. The first-order chi connectivity index (χ1) is 16.7. The highest BCUT2D eigenvalue weighted by Crippen LogP contribution is 2.33. The molecule has 0 aromatic heterocycles. The summed E-state index contributed by atoms with van der Waals surface area (Å²) in [4.78, 5) is 20.7. The highest BCUT2D eigenvalue weighted by Gasteiger charge is 2.30. The van der Waals surface area contributed by atoms with E-state index < -0.39 is 0 Å². The molecule has 0 N–H and O–H groups in total. The van der Waals surface area contributed by atoms with Gasteiger partial charge in [0.1, 0.15) is 0 Å². The summed E-state index contributed by atoms with van der Waals surface area (Å²) in [7, 11) is 0. The molecular weight excluding hydrogens is 428 g/mol. The van der Waals surface area contributed by atoms with E-state index in [1.165, 1.54) is 18.4 Å². The Labute approximate surface area is 201 Å². The average Bonchev–Trinajstić information content (AvgIpc) is 3.57. The molecule has 0 spiro atoms. The van der Waals surface area contributed by atoms with Gasteiger partial charge in [-0.25, -0.2) is 0 Å². The highest BCUT2D eigenvalue weighted by atomic mass is 16.7. The van der Waals surface area contributed by atoms with Gasteiger partial charge >= 0.3 is 0 Å². The lowest BCUT2D eigenvalue weighted by Crippen LogP contribution is -2.49. The van der Waals surface area contributed by atoms with Gasteiger partial charge in [0.15, 0.2) is 11.5 Å². The number of likely N-dealkylation sites (tertiary alicyclic amines) is 2. The smallest absolute Gasteiger partial charge is 0.254 e. The molecule has 178 valence electrons. The number of carbonyl (C=O) groups is 1. The Kier molecular flexibility index (Phi) is 6.98. The summed E-state index contributed by atoms with van der Waals surface area (Å²) in [6.45, 7) is 6.87. The van der Waals surface area contributed by atoms with Crippen molar-refractivity contribution in [3.05, 3.63) is 59.2 Å². The van der Waals surface area contributed by atoms with Crippen LogP contribution < -0.4 is 9.47 Å². The summed E-state index contributed by atoms with van der Waals surface area (Å²) in [5.41, 5.74) is 2.54. The minimum atomic E-state index is 0.0812. The van der Waals surface area contributed by atoms with Gasteiger partial charge in [0, 0.05) is 44.3 Å². The first kappa shape index (κ1) is 22.7. The Morgan fingerprint density at radius 2 is 1.79 bits per heavy atom. The highest BCUT2D eigenvalue weighted by molar-refractivity contribution is 5.95. The molecule has 0 aliphatic carbocycles. The molecule has 3 heterocycles. The van der Waals surface area contributed by atoms with Crippen molar-refractivity contribution in [1.82, 2.24) is 14.7 Å². The summed E-state index contributed by atoms with van der Waals surface area (Å²) < 4.78 is 10.9. The monoisotopic (exact) mass is 460 g/mol. The lowest BCUT2D eigenvalue weighted by molar-refractivity contribution is 0.0541. The molecule has 2 aromatic rings. The Hall–Kier alpha value is -3.08. The SMILES string of the molecule is N#Cc1cccc(CN2CCC(N(CCN3CCCC3)C(=O)c3ccc4c(c3)OCO4)CC2)c1. The molecule has 0 bridgehead atoms. The molecule has 2 fully saturated rings. The zero-order chi connectivity index (χ0) is 23.3. The third kappa shape index (κ3) is 5.19. The molecule has 0 atom stereocenters. The predicted octanol–water partition coefficient (Wildman–Crippen LogP) is 3.49. The van der Waals surface area contributed by atoms with Gasteiger partial charge in [-0.1, -0.05) is 12.1 Å². The third-order valence-electron chi connectivity index (χ3n) is 7.20. The first-order valence-electron chi connectivity index (χ1n) is 12.3. The number of nitrogens with zero attached hydrogens (tertiary/aromatic N) is 4. The van der Waals surface area contributed by atoms with Crippen LogP contribution in [0.4, 0.5) is 0 Å². The van der Waals surface area contributed by atoms with Crippen LogP contribution in [-0.4, -0.2) is 72.7 Å². The molecule has 0 radical (unpaired) electrons. The van der Waals surface area contributed by atoms with Gasteiger partial charge in [-0.3, -0.25) is 9.69 Å². The molecule has 3 aliphatic rings. The summed E-state index contributed by atoms with van der Waals surface area (Å²) >= 11 is 0. The number of fused-ring (bicyclic) bond motifs is 1. The number of carbonyl (C=O) groups excluding carboxylic acids is 1. The maximum atomic E-state index is 13.7. The summed E-state index contributed by atoms with van der Waals surface area (Å²) in [6, 6.07) is 15.8. The number of rotatable bonds is 7. The second-order valence-electron chi connectivity index (χ2n) is 9.43. The van der Waals surface area contributed by atoms with Gasteiger partial charge in [-0.2, -0.15) is 5.26 Å². The average molecular weight is 461 g/mol. The number of hydrogen-bond donors (Lipinski definition) is 0. The zero-order valence-corrected chi connectivity index (χ0v) is 19.6. The Balaban J connectivity index is 1.25. The van der Waals surface area contributed by atoms with Crippen molar-refractivity contribution < 1.29 is 14.3 Å². The fraction of sp³-hybridized carbons (Fsp3) is 0.481.